The van der Waals surface area contributed by atoms with Crippen molar-refractivity contribution < 1.29 is 28.7 Å². The van der Waals surface area contributed by atoms with Crippen molar-refractivity contribution in [1.82, 2.24) is 20.4 Å². The van der Waals surface area contributed by atoms with Gasteiger partial charge in [0.05, 0.1) is 6.42 Å². The van der Waals surface area contributed by atoms with Crippen molar-refractivity contribution in [2.24, 2.45) is 5.73 Å². The number of para-hydroxylation sites is 1. The number of hydrogen-bond acceptors (Lipinski definition) is 7. The summed E-state index contributed by atoms with van der Waals surface area (Å²) in [6, 6.07) is 13.1. The van der Waals surface area contributed by atoms with Crippen LogP contribution < -0.4 is 21.1 Å². The molecule has 1 aliphatic heterocycles. The molecule has 1 heterocycles. The number of nitrogens with two attached hydrogens (primary N) is 1. The van der Waals surface area contributed by atoms with E-state index in [9.17, 15) is 19.2 Å². The Kier molecular flexibility index (Phi) is 11.8. The fraction of sp³-hybridized carbons (Fsp3) is 0.515. The molecule has 44 heavy (non-hydrogen) atoms. The SMILES string of the molecule is CC(C)N(CCNC(=O)C1c2ccc(Oc3ccccc3)cc2CCN1C(=O)[C@@H](CC(N)=O)NC(=O)OC(C)(C)C)C(C)C. The van der Waals surface area contributed by atoms with E-state index in [0.717, 1.165) is 5.56 Å². The zero-order chi connectivity index (χ0) is 32.6. The minimum atomic E-state index is -1.31. The predicted molar refractivity (Wildman–Crippen MR) is 168 cm³/mol. The topological polar surface area (TPSA) is 143 Å². The van der Waals surface area contributed by atoms with E-state index in [-0.39, 0.29) is 24.5 Å². The zero-order valence-electron chi connectivity index (χ0n) is 26.9. The van der Waals surface area contributed by atoms with E-state index in [2.05, 4.69) is 43.2 Å². The van der Waals surface area contributed by atoms with E-state index in [0.29, 0.717) is 36.6 Å². The first kappa shape index (κ1) is 34.4. The van der Waals surface area contributed by atoms with Crippen molar-refractivity contribution in [3.63, 3.8) is 0 Å². The first-order valence-electron chi connectivity index (χ1n) is 15.1. The maximum absolute atomic E-state index is 14.0. The molecular formula is C33H47N5O6. The molecule has 0 saturated carbocycles. The Morgan fingerprint density at radius 2 is 1.66 bits per heavy atom. The lowest BCUT2D eigenvalue weighted by atomic mass is 9.90. The lowest BCUT2D eigenvalue weighted by molar-refractivity contribution is -0.143. The van der Waals surface area contributed by atoms with Crippen LogP contribution in [0.15, 0.2) is 48.5 Å². The Balaban J connectivity index is 1.92. The average Bonchev–Trinajstić information content (AvgIpc) is 2.92. The van der Waals surface area contributed by atoms with Gasteiger partial charge in [-0.15, -0.1) is 0 Å². The Morgan fingerprint density at radius 1 is 1.00 bits per heavy atom. The number of nitrogens with zero attached hydrogens (tertiary/aromatic N) is 2. The number of carbonyl (C=O) groups excluding carboxylic acids is 4. The molecule has 1 aliphatic rings. The molecule has 2 aromatic rings. The summed E-state index contributed by atoms with van der Waals surface area (Å²) in [5.41, 5.74) is 6.14. The quantitative estimate of drug-likeness (QED) is 0.331. The van der Waals surface area contributed by atoms with Gasteiger partial charge < -0.3 is 30.7 Å². The Hall–Kier alpha value is -4.12. The van der Waals surface area contributed by atoms with Gasteiger partial charge >= 0.3 is 6.09 Å². The van der Waals surface area contributed by atoms with Crippen LogP contribution in [-0.4, -0.2) is 77.0 Å². The molecular weight excluding hydrogens is 562 g/mol. The third-order valence-electron chi connectivity index (χ3n) is 7.24. The Bertz CT molecular complexity index is 1300. The molecule has 3 rings (SSSR count). The van der Waals surface area contributed by atoms with Gasteiger partial charge in [0.2, 0.25) is 17.7 Å². The molecule has 0 aromatic heterocycles. The molecule has 2 aromatic carbocycles. The highest BCUT2D eigenvalue weighted by atomic mass is 16.6. The predicted octanol–water partition coefficient (Wildman–Crippen LogP) is 3.91. The highest BCUT2D eigenvalue weighted by Crippen LogP contribution is 2.34. The number of amides is 4. The molecule has 0 fully saturated rings. The van der Waals surface area contributed by atoms with Crippen molar-refractivity contribution in [3.05, 3.63) is 59.7 Å². The van der Waals surface area contributed by atoms with Crippen LogP contribution in [-0.2, 0) is 25.5 Å². The van der Waals surface area contributed by atoms with Crippen molar-refractivity contribution in [1.29, 1.82) is 0 Å². The Labute approximate surface area is 260 Å². The van der Waals surface area contributed by atoms with E-state index < -0.39 is 42.0 Å². The van der Waals surface area contributed by atoms with Gasteiger partial charge in [0.15, 0.2) is 0 Å². The lowest BCUT2D eigenvalue weighted by Gasteiger charge is -2.38. The fourth-order valence-electron chi connectivity index (χ4n) is 5.38. The molecule has 0 spiro atoms. The number of nitrogens with one attached hydrogen (secondary N) is 2. The van der Waals surface area contributed by atoms with Crippen LogP contribution in [0.3, 0.4) is 0 Å². The number of alkyl carbamates (subject to hydrolysis) is 1. The summed E-state index contributed by atoms with van der Waals surface area (Å²) in [6.45, 7) is 14.7. The highest BCUT2D eigenvalue weighted by Gasteiger charge is 2.40. The monoisotopic (exact) mass is 609 g/mol. The second kappa shape index (κ2) is 15.1. The van der Waals surface area contributed by atoms with E-state index in [4.69, 9.17) is 15.2 Å². The van der Waals surface area contributed by atoms with E-state index in [1.165, 1.54) is 4.90 Å². The number of ether oxygens (including phenoxy) is 2. The van der Waals surface area contributed by atoms with Gasteiger partial charge in [-0.3, -0.25) is 19.3 Å². The van der Waals surface area contributed by atoms with Crippen LogP contribution in [0.2, 0.25) is 0 Å². The minimum absolute atomic E-state index is 0.175. The minimum Gasteiger partial charge on any atom is -0.457 e. The van der Waals surface area contributed by atoms with Gasteiger partial charge in [0.1, 0.15) is 29.2 Å². The van der Waals surface area contributed by atoms with E-state index in [1.807, 2.05) is 36.4 Å². The van der Waals surface area contributed by atoms with Gasteiger partial charge in [-0.05, 0) is 90.3 Å². The first-order chi connectivity index (χ1) is 20.7. The summed E-state index contributed by atoms with van der Waals surface area (Å²) in [4.78, 5) is 56.0. The maximum atomic E-state index is 14.0. The summed E-state index contributed by atoms with van der Waals surface area (Å²) in [5.74, 6) is -0.453. The molecule has 4 N–H and O–H groups in total. The third kappa shape index (κ3) is 9.70. The molecule has 0 aliphatic carbocycles. The molecule has 0 radical (unpaired) electrons. The van der Waals surface area contributed by atoms with Crippen LogP contribution >= 0.6 is 0 Å². The van der Waals surface area contributed by atoms with Gasteiger partial charge in [-0.25, -0.2) is 4.79 Å². The molecule has 0 saturated heterocycles. The zero-order valence-corrected chi connectivity index (χ0v) is 26.9. The van der Waals surface area contributed by atoms with Gasteiger partial charge in [0.25, 0.3) is 0 Å². The molecule has 11 heteroatoms. The second-order valence-electron chi connectivity index (χ2n) is 12.5. The van der Waals surface area contributed by atoms with Crippen LogP contribution in [0.25, 0.3) is 0 Å². The number of fused-ring (bicyclic) bond motifs is 1. The summed E-state index contributed by atoms with van der Waals surface area (Å²) in [6.07, 6.45) is -0.876. The van der Waals surface area contributed by atoms with Crippen molar-refractivity contribution in [2.45, 2.75) is 91.1 Å². The third-order valence-corrected chi connectivity index (χ3v) is 7.24. The normalized spacial score (nSPS) is 15.5. The van der Waals surface area contributed by atoms with Crippen molar-refractivity contribution in [3.8, 4) is 11.5 Å². The van der Waals surface area contributed by atoms with Crippen molar-refractivity contribution in [2.75, 3.05) is 19.6 Å². The highest BCUT2D eigenvalue weighted by molar-refractivity contribution is 5.95. The lowest BCUT2D eigenvalue weighted by Crippen LogP contribution is -2.56. The average molecular weight is 610 g/mol. The fourth-order valence-corrected chi connectivity index (χ4v) is 5.38. The van der Waals surface area contributed by atoms with Gasteiger partial charge in [-0.2, -0.15) is 0 Å². The second-order valence-corrected chi connectivity index (χ2v) is 12.5. The Morgan fingerprint density at radius 3 is 2.25 bits per heavy atom. The van der Waals surface area contributed by atoms with E-state index in [1.54, 1.807) is 32.9 Å². The summed E-state index contributed by atoms with van der Waals surface area (Å²) in [5, 5.41) is 5.51. The first-order valence-corrected chi connectivity index (χ1v) is 15.1. The number of primary amides is 1. The van der Waals surface area contributed by atoms with Gasteiger partial charge in [-0.1, -0.05) is 24.3 Å². The number of benzene rings is 2. The van der Waals surface area contributed by atoms with Crippen LogP contribution in [0.5, 0.6) is 11.5 Å². The number of rotatable bonds is 12. The molecule has 2 atom stereocenters. The molecule has 240 valence electrons. The standard InChI is InChI=1S/C33H47N5O6/c1-21(2)37(22(3)4)18-16-35-30(40)29-26-14-13-25(43-24-11-9-8-10-12-24)19-23(26)15-17-38(29)31(41)27(20-28(34)39)36-32(42)44-33(5,6)7/h8-14,19,21-22,27,29H,15-18,20H2,1-7H3,(H2,34,39)(H,35,40)(H,36,42)/t27-,29?/m1/s1. The van der Waals surface area contributed by atoms with Crippen LogP contribution in [0, 0.1) is 0 Å². The van der Waals surface area contributed by atoms with Crippen LogP contribution in [0.4, 0.5) is 4.79 Å². The van der Waals surface area contributed by atoms with Gasteiger partial charge in [0, 0.05) is 31.7 Å². The van der Waals surface area contributed by atoms with Crippen LogP contribution in [0.1, 0.15) is 72.1 Å². The van der Waals surface area contributed by atoms with E-state index >= 15 is 0 Å². The molecule has 11 nitrogen and oxygen atoms in total. The summed E-state index contributed by atoms with van der Waals surface area (Å²) in [7, 11) is 0. The molecule has 4 amide bonds. The maximum Gasteiger partial charge on any atom is 0.408 e. The largest absolute Gasteiger partial charge is 0.457 e. The molecule has 0 bridgehead atoms. The summed E-state index contributed by atoms with van der Waals surface area (Å²) >= 11 is 0. The summed E-state index contributed by atoms with van der Waals surface area (Å²) < 4.78 is 11.3. The molecule has 1 unspecified atom stereocenters. The van der Waals surface area contributed by atoms with Crippen molar-refractivity contribution >= 4 is 23.8 Å². The number of carbonyl (C=O) groups is 4. The number of hydrogen-bond donors (Lipinski definition) is 3. The smallest absolute Gasteiger partial charge is 0.408 e.